The number of anilines is 1. The van der Waals surface area contributed by atoms with Crippen LogP contribution in [0.15, 0.2) is 48.5 Å². The Labute approximate surface area is 144 Å². The smallest absolute Gasteiger partial charge is 0.316 e. The summed E-state index contributed by atoms with van der Waals surface area (Å²) in [5, 5.41) is 0. The van der Waals surface area contributed by atoms with Crippen LogP contribution in [-0.2, 0) is 9.59 Å². The molecule has 6 heteroatoms. The number of rotatable bonds is 4. The van der Waals surface area contributed by atoms with Crippen LogP contribution in [0.1, 0.15) is 23.7 Å². The van der Waals surface area contributed by atoms with Crippen molar-refractivity contribution < 1.29 is 23.5 Å². The van der Waals surface area contributed by atoms with Gasteiger partial charge in [-0.3, -0.25) is 14.4 Å². The van der Waals surface area contributed by atoms with Gasteiger partial charge < -0.3 is 9.64 Å². The van der Waals surface area contributed by atoms with Crippen molar-refractivity contribution in [2.75, 3.05) is 11.4 Å². The summed E-state index contributed by atoms with van der Waals surface area (Å²) in [6, 6.07) is 12.0. The Hall–Kier alpha value is -3.02. The number of para-hydroxylation sites is 1. The zero-order valence-corrected chi connectivity index (χ0v) is 13.6. The molecule has 3 rings (SSSR count). The minimum atomic E-state index is -0.641. The van der Waals surface area contributed by atoms with E-state index < -0.39 is 17.7 Å². The molecule has 128 valence electrons. The molecule has 5 nitrogen and oxygen atoms in total. The highest BCUT2D eigenvalue weighted by Crippen LogP contribution is 2.27. The second kappa shape index (κ2) is 6.84. The van der Waals surface area contributed by atoms with Crippen LogP contribution in [0.5, 0.6) is 5.75 Å². The molecule has 25 heavy (non-hydrogen) atoms. The van der Waals surface area contributed by atoms with Crippen molar-refractivity contribution in [2.24, 2.45) is 5.92 Å². The van der Waals surface area contributed by atoms with Crippen LogP contribution in [0.2, 0.25) is 0 Å². The molecule has 0 radical (unpaired) electrons. The lowest BCUT2D eigenvalue weighted by Gasteiger charge is -2.16. The van der Waals surface area contributed by atoms with Crippen LogP contribution < -0.4 is 9.64 Å². The Morgan fingerprint density at radius 3 is 2.48 bits per heavy atom. The van der Waals surface area contributed by atoms with E-state index in [1.54, 1.807) is 24.3 Å². The highest BCUT2D eigenvalue weighted by molar-refractivity contribution is 6.00. The quantitative estimate of drug-likeness (QED) is 0.487. The van der Waals surface area contributed by atoms with Crippen molar-refractivity contribution in [1.29, 1.82) is 0 Å². The molecule has 0 unspecified atom stereocenters. The number of nitrogens with zero attached hydrogens (tertiary/aromatic N) is 1. The highest BCUT2D eigenvalue weighted by atomic mass is 19.1. The SMILES string of the molecule is CC(=O)c1ccccc1OC(=O)[C@@H]1CC(=O)N(c2ccc(F)cc2)C1. The highest BCUT2D eigenvalue weighted by Gasteiger charge is 2.36. The summed E-state index contributed by atoms with van der Waals surface area (Å²) in [5.41, 5.74) is 0.849. The van der Waals surface area contributed by atoms with Crippen molar-refractivity contribution in [2.45, 2.75) is 13.3 Å². The van der Waals surface area contributed by atoms with Gasteiger partial charge in [-0.05, 0) is 43.3 Å². The molecule has 0 N–H and O–H groups in total. The van der Waals surface area contributed by atoms with E-state index in [2.05, 4.69) is 0 Å². The van der Waals surface area contributed by atoms with Gasteiger partial charge in [0.25, 0.3) is 0 Å². The molecule has 0 bridgehead atoms. The van der Waals surface area contributed by atoms with Crippen molar-refractivity contribution in [3.05, 3.63) is 59.9 Å². The van der Waals surface area contributed by atoms with E-state index in [1.807, 2.05) is 0 Å². The van der Waals surface area contributed by atoms with Gasteiger partial charge >= 0.3 is 5.97 Å². The molecule has 1 heterocycles. The minimum Gasteiger partial charge on any atom is -0.425 e. The molecule has 1 saturated heterocycles. The summed E-state index contributed by atoms with van der Waals surface area (Å²) < 4.78 is 18.4. The Kier molecular flexibility index (Phi) is 4.61. The first-order valence-electron chi connectivity index (χ1n) is 7.83. The van der Waals surface area contributed by atoms with Crippen LogP contribution in [-0.4, -0.2) is 24.2 Å². The Balaban J connectivity index is 1.73. The van der Waals surface area contributed by atoms with E-state index in [0.29, 0.717) is 11.3 Å². The number of esters is 1. The molecule has 1 aliphatic heterocycles. The van der Waals surface area contributed by atoms with E-state index >= 15 is 0 Å². The average Bonchev–Trinajstić information content (AvgIpc) is 2.98. The van der Waals surface area contributed by atoms with E-state index in [0.717, 1.165) is 0 Å². The molecule has 0 spiro atoms. The third-order valence-electron chi connectivity index (χ3n) is 4.07. The molecule has 1 fully saturated rings. The zero-order valence-electron chi connectivity index (χ0n) is 13.6. The molecule has 1 aliphatic rings. The van der Waals surface area contributed by atoms with Gasteiger partial charge in [-0.25, -0.2) is 4.39 Å². The number of benzene rings is 2. The van der Waals surface area contributed by atoms with Gasteiger partial charge in [0.2, 0.25) is 5.91 Å². The van der Waals surface area contributed by atoms with E-state index in [-0.39, 0.29) is 30.4 Å². The molecule has 2 aromatic rings. The lowest BCUT2D eigenvalue weighted by atomic mass is 10.1. The second-order valence-electron chi connectivity index (χ2n) is 5.86. The molecule has 0 aliphatic carbocycles. The summed E-state index contributed by atoms with van der Waals surface area (Å²) in [6.45, 7) is 1.55. The van der Waals surface area contributed by atoms with E-state index in [1.165, 1.54) is 36.1 Å². The van der Waals surface area contributed by atoms with Gasteiger partial charge in [-0.15, -0.1) is 0 Å². The van der Waals surface area contributed by atoms with Crippen LogP contribution in [0.25, 0.3) is 0 Å². The first kappa shape index (κ1) is 16.8. The lowest BCUT2D eigenvalue weighted by molar-refractivity contribution is -0.139. The predicted octanol–water partition coefficient (Wildman–Crippen LogP) is 2.99. The zero-order chi connectivity index (χ0) is 18.0. The van der Waals surface area contributed by atoms with Crippen LogP contribution >= 0.6 is 0 Å². The minimum absolute atomic E-state index is 0.0123. The van der Waals surface area contributed by atoms with Gasteiger partial charge in [0.05, 0.1) is 11.5 Å². The summed E-state index contributed by atoms with van der Waals surface area (Å²) in [4.78, 5) is 37.6. The van der Waals surface area contributed by atoms with Crippen molar-refractivity contribution >= 4 is 23.3 Å². The summed E-state index contributed by atoms with van der Waals surface area (Å²) in [7, 11) is 0. The van der Waals surface area contributed by atoms with Crippen LogP contribution in [0.3, 0.4) is 0 Å². The van der Waals surface area contributed by atoms with Gasteiger partial charge in [0, 0.05) is 18.7 Å². The third-order valence-corrected chi connectivity index (χ3v) is 4.07. The number of ether oxygens (including phenoxy) is 1. The van der Waals surface area contributed by atoms with Crippen molar-refractivity contribution in [3.63, 3.8) is 0 Å². The number of hydrogen-bond donors (Lipinski definition) is 0. The molecule has 0 saturated carbocycles. The Morgan fingerprint density at radius 1 is 1.12 bits per heavy atom. The fraction of sp³-hybridized carbons (Fsp3) is 0.211. The third kappa shape index (κ3) is 3.57. The molecule has 0 aromatic heterocycles. The number of carbonyl (C=O) groups excluding carboxylic acids is 3. The molecule has 2 aromatic carbocycles. The van der Waals surface area contributed by atoms with E-state index in [9.17, 15) is 18.8 Å². The van der Waals surface area contributed by atoms with E-state index in [4.69, 9.17) is 4.74 Å². The maximum atomic E-state index is 13.0. The first-order valence-corrected chi connectivity index (χ1v) is 7.83. The lowest BCUT2D eigenvalue weighted by Crippen LogP contribution is -2.27. The largest absolute Gasteiger partial charge is 0.425 e. The molecular formula is C19H16FNO4. The van der Waals surface area contributed by atoms with Crippen molar-refractivity contribution in [1.82, 2.24) is 0 Å². The number of ketones is 1. The van der Waals surface area contributed by atoms with Gasteiger partial charge in [-0.2, -0.15) is 0 Å². The average molecular weight is 341 g/mol. The number of halogens is 1. The van der Waals surface area contributed by atoms with Gasteiger partial charge in [-0.1, -0.05) is 12.1 Å². The molecule has 1 atom stereocenters. The second-order valence-corrected chi connectivity index (χ2v) is 5.86. The van der Waals surface area contributed by atoms with Crippen molar-refractivity contribution in [3.8, 4) is 5.75 Å². The van der Waals surface area contributed by atoms with Crippen LogP contribution in [0.4, 0.5) is 10.1 Å². The monoisotopic (exact) mass is 341 g/mol. The maximum Gasteiger partial charge on any atom is 0.316 e. The predicted molar refractivity (Wildman–Crippen MR) is 88.9 cm³/mol. The van der Waals surface area contributed by atoms with Crippen LogP contribution in [0, 0.1) is 11.7 Å². The number of hydrogen-bond acceptors (Lipinski definition) is 4. The standard InChI is InChI=1S/C19H16FNO4/c1-12(22)16-4-2-3-5-17(16)25-19(24)13-10-18(23)21(11-13)15-8-6-14(20)7-9-15/h2-9,13H,10-11H2,1H3/t13-/m1/s1. The Bertz CT molecular complexity index is 832. The molecular weight excluding hydrogens is 325 g/mol. The first-order chi connectivity index (χ1) is 12.0. The summed E-state index contributed by atoms with van der Waals surface area (Å²) >= 11 is 0. The fourth-order valence-corrected chi connectivity index (χ4v) is 2.77. The number of Topliss-reactive ketones (excluding diaryl/α,β-unsaturated/α-hetero) is 1. The van der Waals surface area contributed by atoms with Gasteiger partial charge in [0.1, 0.15) is 11.6 Å². The van der Waals surface area contributed by atoms with Gasteiger partial charge in [0.15, 0.2) is 5.78 Å². The molecule has 1 amide bonds. The Morgan fingerprint density at radius 2 is 1.80 bits per heavy atom. The topological polar surface area (TPSA) is 63.7 Å². The maximum absolute atomic E-state index is 13.0. The summed E-state index contributed by atoms with van der Waals surface area (Å²) in [5.74, 6) is -1.85. The number of carbonyl (C=O) groups is 3. The summed E-state index contributed by atoms with van der Waals surface area (Å²) in [6.07, 6.45) is 0.0123. The fourth-order valence-electron chi connectivity index (χ4n) is 2.77. The normalized spacial score (nSPS) is 16.8. The number of amides is 1.